The summed E-state index contributed by atoms with van der Waals surface area (Å²) in [7, 11) is 5.03. The molecule has 0 heterocycles. The third kappa shape index (κ3) is 3.30. The Hall–Kier alpha value is -2.71. The Morgan fingerprint density at radius 2 is 1.91 bits per heavy atom. The minimum absolute atomic E-state index is 0.432. The molecule has 0 saturated carbocycles. The molecule has 1 N–H and O–H groups in total. The molecule has 0 saturated heterocycles. The fourth-order valence-electron chi connectivity index (χ4n) is 2.13. The Kier molecular flexibility index (Phi) is 5.23. The van der Waals surface area contributed by atoms with Crippen LogP contribution in [-0.2, 0) is 6.54 Å². The van der Waals surface area contributed by atoms with Gasteiger partial charge in [-0.3, -0.25) is 0 Å². The van der Waals surface area contributed by atoms with E-state index < -0.39 is 0 Å². The highest BCUT2D eigenvalue weighted by Gasteiger charge is 2.13. The van der Waals surface area contributed by atoms with Gasteiger partial charge in [-0.1, -0.05) is 12.1 Å². The van der Waals surface area contributed by atoms with E-state index in [-0.39, 0.29) is 0 Å². The topological polar surface area (TPSA) is 63.5 Å². The average molecular weight is 298 g/mol. The van der Waals surface area contributed by atoms with Crippen LogP contribution in [0.3, 0.4) is 0 Å². The number of benzene rings is 2. The molecule has 0 amide bonds. The molecular weight excluding hydrogens is 280 g/mol. The molecule has 0 atom stereocenters. The number of nitrogens with one attached hydrogen (secondary N) is 1. The van der Waals surface area contributed by atoms with Gasteiger partial charge in [0, 0.05) is 18.2 Å². The van der Waals surface area contributed by atoms with Crippen molar-refractivity contribution in [1.29, 1.82) is 5.26 Å². The van der Waals surface area contributed by atoms with E-state index in [1.807, 2.05) is 19.2 Å². The Balaban J connectivity index is 2.43. The molecule has 22 heavy (non-hydrogen) atoms. The zero-order valence-electron chi connectivity index (χ0n) is 12.8. The molecule has 0 aliphatic heterocycles. The van der Waals surface area contributed by atoms with Gasteiger partial charge < -0.3 is 19.5 Å². The van der Waals surface area contributed by atoms with Gasteiger partial charge in [-0.2, -0.15) is 5.26 Å². The highest BCUT2D eigenvalue weighted by Crippen LogP contribution is 2.36. The number of rotatable bonds is 6. The first-order chi connectivity index (χ1) is 10.7. The van der Waals surface area contributed by atoms with E-state index in [4.69, 9.17) is 14.2 Å². The van der Waals surface area contributed by atoms with Crippen LogP contribution in [0.2, 0.25) is 0 Å². The molecule has 0 bridgehead atoms. The van der Waals surface area contributed by atoms with Crippen LogP contribution in [0.15, 0.2) is 36.4 Å². The summed E-state index contributed by atoms with van der Waals surface area (Å²) in [6.07, 6.45) is 0. The molecule has 0 unspecified atom stereocenters. The van der Waals surface area contributed by atoms with Gasteiger partial charge in [-0.05, 0) is 25.2 Å². The summed E-state index contributed by atoms with van der Waals surface area (Å²) in [4.78, 5) is 0. The molecule has 0 aliphatic carbocycles. The second-order valence-electron chi connectivity index (χ2n) is 4.55. The fraction of sp³-hybridized carbons (Fsp3) is 0.235. The largest absolute Gasteiger partial charge is 0.497 e. The van der Waals surface area contributed by atoms with Gasteiger partial charge in [0.1, 0.15) is 17.6 Å². The molecule has 0 radical (unpaired) electrons. The second-order valence-corrected chi connectivity index (χ2v) is 4.55. The summed E-state index contributed by atoms with van der Waals surface area (Å²) in [6, 6.07) is 12.8. The number of hydrogen-bond donors (Lipinski definition) is 1. The molecule has 2 aromatic rings. The van der Waals surface area contributed by atoms with E-state index in [1.54, 1.807) is 38.5 Å². The summed E-state index contributed by atoms with van der Waals surface area (Å²) >= 11 is 0. The SMILES string of the molecule is CNCc1cccc(Oc2cc(OC)ccc2C#N)c1OC. The number of hydrogen-bond acceptors (Lipinski definition) is 5. The summed E-state index contributed by atoms with van der Waals surface area (Å²) in [5, 5.41) is 12.3. The second kappa shape index (κ2) is 7.34. The van der Waals surface area contributed by atoms with Crippen LogP contribution in [0, 0.1) is 11.3 Å². The van der Waals surface area contributed by atoms with Crippen molar-refractivity contribution in [3.8, 4) is 29.1 Å². The Bertz CT molecular complexity index is 693. The van der Waals surface area contributed by atoms with E-state index in [0.29, 0.717) is 35.1 Å². The standard InChI is InChI=1S/C17H18N2O3/c1-19-11-13-5-4-6-15(17(13)21-3)22-16-9-14(20-2)8-7-12(16)10-18/h4-9,19H,11H2,1-3H3. The van der Waals surface area contributed by atoms with Gasteiger partial charge in [0.15, 0.2) is 11.5 Å². The molecule has 2 aromatic carbocycles. The van der Waals surface area contributed by atoms with Gasteiger partial charge in [0.25, 0.3) is 0 Å². The predicted molar refractivity (Wildman–Crippen MR) is 83.5 cm³/mol. The first-order valence-electron chi connectivity index (χ1n) is 6.80. The molecule has 114 valence electrons. The molecule has 0 aliphatic rings. The van der Waals surface area contributed by atoms with E-state index >= 15 is 0 Å². The molecule has 0 spiro atoms. The maximum Gasteiger partial charge on any atom is 0.169 e. The maximum atomic E-state index is 9.21. The molecule has 2 rings (SSSR count). The highest BCUT2D eigenvalue weighted by molar-refractivity contribution is 5.53. The third-order valence-electron chi connectivity index (χ3n) is 3.16. The lowest BCUT2D eigenvalue weighted by molar-refractivity contribution is 0.371. The normalized spacial score (nSPS) is 9.91. The lowest BCUT2D eigenvalue weighted by atomic mass is 10.1. The van der Waals surface area contributed by atoms with Gasteiger partial charge in [0.2, 0.25) is 0 Å². The van der Waals surface area contributed by atoms with Crippen LogP contribution in [-0.4, -0.2) is 21.3 Å². The van der Waals surface area contributed by atoms with Crippen LogP contribution in [0.4, 0.5) is 0 Å². The zero-order chi connectivity index (χ0) is 15.9. The van der Waals surface area contributed by atoms with Crippen molar-refractivity contribution in [3.63, 3.8) is 0 Å². The van der Waals surface area contributed by atoms with E-state index in [1.165, 1.54) is 0 Å². The molecule has 5 nitrogen and oxygen atoms in total. The number of ether oxygens (including phenoxy) is 3. The minimum Gasteiger partial charge on any atom is -0.497 e. The number of nitrogens with zero attached hydrogens (tertiary/aromatic N) is 1. The van der Waals surface area contributed by atoms with Crippen LogP contribution in [0.25, 0.3) is 0 Å². The summed E-state index contributed by atoms with van der Waals surface area (Å²) in [5.41, 5.74) is 1.41. The average Bonchev–Trinajstić information content (AvgIpc) is 2.55. The highest BCUT2D eigenvalue weighted by atomic mass is 16.5. The molecule has 0 fully saturated rings. The minimum atomic E-state index is 0.432. The molecular formula is C17H18N2O3. The zero-order valence-corrected chi connectivity index (χ0v) is 12.8. The van der Waals surface area contributed by atoms with Gasteiger partial charge in [-0.25, -0.2) is 0 Å². The maximum absolute atomic E-state index is 9.21. The number of para-hydroxylation sites is 1. The Morgan fingerprint density at radius 1 is 1.09 bits per heavy atom. The van der Waals surface area contributed by atoms with Crippen LogP contribution >= 0.6 is 0 Å². The predicted octanol–water partition coefficient (Wildman–Crippen LogP) is 3.09. The van der Waals surface area contributed by atoms with Gasteiger partial charge >= 0.3 is 0 Å². The summed E-state index contributed by atoms with van der Waals surface area (Å²) < 4.78 is 16.5. The first kappa shape index (κ1) is 15.7. The lowest BCUT2D eigenvalue weighted by Gasteiger charge is -2.15. The summed E-state index contributed by atoms with van der Waals surface area (Å²) in [6.45, 7) is 0.656. The van der Waals surface area contributed by atoms with Crippen LogP contribution in [0.1, 0.15) is 11.1 Å². The van der Waals surface area contributed by atoms with Crippen LogP contribution in [0.5, 0.6) is 23.0 Å². The summed E-state index contributed by atoms with van der Waals surface area (Å²) in [5.74, 6) is 2.25. The van der Waals surface area contributed by atoms with Crippen molar-refractivity contribution >= 4 is 0 Å². The van der Waals surface area contributed by atoms with E-state index in [9.17, 15) is 5.26 Å². The lowest BCUT2D eigenvalue weighted by Crippen LogP contribution is -2.07. The Labute approximate surface area is 130 Å². The molecule has 5 heteroatoms. The van der Waals surface area contributed by atoms with Crippen molar-refractivity contribution in [2.24, 2.45) is 0 Å². The van der Waals surface area contributed by atoms with Crippen molar-refractivity contribution < 1.29 is 14.2 Å². The van der Waals surface area contributed by atoms with E-state index in [2.05, 4.69) is 11.4 Å². The molecule has 0 aromatic heterocycles. The number of nitriles is 1. The Morgan fingerprint density at radius 3 is 2.55 bits per heavy atom. The smallest absolute Gasteiger partial charge is 0.169 e. The van der Waals surface area contributed by atoms with Gasteiger partial charge in [0.05, 0.1) is 19.8 Å². The first-order valence-corrected chi connectivity index (χ1v) is 6.80. The third-order valence-corrected chi connectivity index (χ3v) is 3.16. The quantitative estimate of drug-likeness (QED) is 0.888. The van der Waals surface area contributed by atoms with Crippen molar-refractivity contribution in [2.45, 2.75) is 6.54 Å². The van der Waals surface area contributed by atoms with E-state index in [0.717, 1.165) is 5.56 Å². The van der Waals surface area contributed by atoms with Crippen molar-refractivity contribution in [2.75, 3.05) is 21.3 Å². The van der Waals surface area contributed by atoms with Crippen molar-refractivity contribution in [3.05, 3.63) is 47.5 Å². The van der Waals surface area contributed by atoms with Crippen molar-refractivity contribution in [1.82, 2.24) is 5.32 Å². The van der Waals surface area contributed by atoms with Gasteiger partial charge in [-0.15, -0.1) is 0 Å². The number of methoxy groups -OCH3 is 2. The van der Waals surface area contributed by atoms with Crippen LogP contribution < -0.4 is 19.5 Å². The monoisotopic (exact) mass is 298 g/mol. The fourth-order valence-corrected chi connectivity index (χ4v) is 2.13.